The van der Waals surface area contributed by atoms with Gasteiger partial charge in [0, 0.05) is 12.8 Å². The van der Waals surface area contributed by atoms with Crippen LogP contribution in [0.2, 0.25) is 0 Å². The van der Waals surface area contributed by atoms with Crippen molar-refractivity contribution in [2.24, 2.45) is 46.3 Å². The Morgan fingerprint density at radius 1 is 0.977 bits per heavy atom. The van der Waals surface area contributed by atoms with Crippen LogP contribution in [0.15, 0.2) is 0 Å². The van der Waals surface area contributed by atoms with E-state index < -0.39 is 46.1 Å². The fourth-order valence-electron chi connectivity index (χ4n) is 9.46. The van der Waals surface area contributed by atoms with Gasteiger partial charge in [0.05, 0.1) is 24.9 Å². The van der Waals surface area contributed by atoms with Crippen LogP contribution in [0.3, 0.4) is 0 Å². The number of esters is 2. The molecule has 10 nitrogen and oxygen atoms in total. The molecule has 0 saturated heterocycles. The van der Waals surface area contributed by atoms with E-state index in [4.69, 9.17) is 9.29 Å². The second kappa shape index (κ2) is 12.8. The summed E-state index contributed by atoms with van der Waals surface area (Å²) in [5.41, 5.74) is -0.379. The van der Waals surface area contributed by atoms with Gasteiger partial charge in [0.2, 0.25) is 0 Å². The summed E-state index contributed by atoms with van der Waals surface area (Å²) in [6, 6.07) is 0. The van der Waals surface area contributed by atoms with Gasteiger partial charge in [0.1, 0.15) is 0 Å². The molecule has 0 amide bonds. The van der Waals surface area contributed by atoms with Crippen molar-refractivity contribution in [3.05, 3.63) is 0 Å². The fraction of sp³-hybridized carbons (Fsp3) is 0.933. The molecule has 4 saturated carbocycles. The van der Waals surface area contributed by atoms with Crippen LogP contribution < -0.4 is 0 Å². The summed E-state index contributed by atoms with van der Waals surface area (Å²) >= 11 is 0. The van der Waals surface area contributed by atoms with Crippen molar-refractivity contribution in [1.29, 1.82) is 0 Å². The number of fused-ring (bicyclic) bond motifs is 5. The van der Waals surface area contributed by atoms with Crippen LogP contribution in [0.5, 0.6) is 0 Å². The second-order valence-electron chi connectivity index (χ2n) is 14.1. The zero-order chi connectivity index (χ0) is 32.0. The highest BCUT2D eigenvalue weighted by Crippen LogP contribution is 2.68. The Morgan fingerprint density at radius 2 is 1.65 bits per heavy atom. The van der Waals surface area contributed by atoms with Crippen LogP contribution in [0.25, 0.3) is 0 Å². The Balaban J connectivity index is 1.25. The lowest BCUT2D eigenvalue weighted by atomic mass is 9.43. The number of aliphatic hydroxyl groups is 3. The summed E-state index contributed by atoms with van der Waals surface area (Å²) in [7, 11) is -5.70. The number of aliphatic hydroxyl groups excluding tert-OH is 3. The van der Waals surface area contributed by atoms with Crippen molar-refractivity contribution in [1.82, 2.24) is 0 Å². The second-order valence-corrected chi connectivity index (χ2v) is 15.7. The summed E-state index contributed by atoms with van der Waals surface area (Å²) in [6.07, 6.45) is 4.55. The van der Waals surface area contributed by atoms with Gasteiger partial charge in [0.15, 0.2) is 6.61 Å². The Hall–Kier alpha value is -1.41. The average Bonchev–Trinajstić information content (AvgIpc) is 3.28. The highest BCUT2D eigenvalue weighted by molar-refractivity contribution is 7.86. The summed E-state index contributed by atoms with van der Waals surface area (Å²) < 4.78 is 65.2. The molecular weight excluding hydrogens is 590 g/mol. The number of alkyl halides is 2. The lowest BCUT2D eigenvalue weighted by Crippen LogP contribution is -2.62. The third kappa shape index (κ3) is 6.76. The Labute approximate surface area is 252 Å². The Kier molecular flexibility index (Phi) is 10.2. The molecule has 4 rings (SSSR count). The van der Waals surface area contributed by atoms with E-state index in [9.17, 15) is 42.1 Å². The average molecular weight is 639 g/mol. The van der Waals surface area contributed by atoms with Gasteiger partial charge in [-0.05, 0) is 104 Å². The molecule has 4 aliphatic carbocycles. The Morgan fingerprint density at radius 3 is 2.33 bits per heavy atom. The van der Waals surface area contributed by atoms with E-state index in [1.54, 1.807) is 0 Å². The summed E-state index contributed by atoms with van der Waals surface area (Å²) in [5, 5.41) is 28.8. The molecule has 0 aromatic rings. The predicted molar refractivity (Wildman–Crippen MR) is 150 cm³/mol. The van der Waals surface area contributed by atoms with E-state index in [1.807, 2.05) is 0 Å². The minimum absolute atomic E-state index is 0.000787. The number of carbonyl (C=O) groups is 2. The molecule has 0 spiro atoms. The molecular formula is C30H48F2O10S. The number of ether oxygens (including phenoxy) is 2. The number of halogens is 2. The molecule has 11 atom stereocenters. The standard InChI is InChI=1S/C30H48F2O10S/c1-17(6-9-26(37)41-12-4-5-25(36)42-16-30(31,32)43(38,39)40)20-7-8-21-27-22(15-24(35)29(20,21)3)28(2)11-10-19(33)13-18(28)14-23(27)34/h17-24,27,33-35H,4-16H2,1-3H3,(H,38,39,40)/t17-,18?,19-,20-,21+,22+,23-,24+,27+,28+,29-/m1/s1. The molecule has 0 aromatic carbocycles. The van der Waals surface area contributed by atoms with Gasteiger partial charge in [-0.3, -0.25) is 14.1 Å². The normalized spacial score (nSPS) is 40.1. The number of rotatable bonds is 11. The van der Waals surface area contributed by atoms with Gasteiger partial charge in [-0.25, -0.2) is 0 Å². The molecule has 0 heterocycles. The number of hydrogen-bond donors (Lipinski definition) is 4. The van der Waals surface area contributed by atoms with Gasteiger partial charge in [-0.2, -0.15) is 17.2 Å². The largest absolute Gasteiger partial charge is 0.466 e. The van der Waals surface area contributed by atoms with Crippen molar-refractivity contribution in [3.8, 4) is 0 Å². The smallest absolute Gasteiger partial charge is 0.402 e. The lowest BCUT2D eigenvalue weighted by Gasteiger charge is -2.63. The quantitative estimate of drug-likeness (QED) is 0.149. The molecule has 248 valence electrons. The summed E-state index contributed by atoms with van der Waals surface area (Å²) in [4.78, 5) is 24.0. The van der Waals surface area contributed by atoms with Crippen LogP contribution in [-0.4, -0.2) is 77.0 Å². The van der Waals surface area contributed by atoms with Gasteiger partial charge < -0.3 is 24.8 Å². The molecule has 4 fully saturated rings. The summed E-state index contributed by atoms with van der Waals surface area (Å²) in [5.74, 6) is -0.545. The predicted octanol–water partition coefficient (Wildman–Crippen LogP) is 3.71. The first-order chi connectivity index (χ1) is 19.9. The first kappa shape index (κ1) is 34.5. The van der Waals surface area contributed by atoms with Gasteiger partial charge in [-0.1, -0.05) is 20.8 Å². The topological polar surface area (TPSA) is 168 Å². The van der Waals surface area contributed by atoms with E-state index >= 15 is 0 Å². The first-order valence-corrected chi connectivity index (χ1v) is 17.1. The summed E-state index contributed by atoms with van der Waals surface area (Å²) in [6.45, 7) is 4.59. The van der Waals surface area contributed by atoms with Crippen molar-refractivity contribution in [2.45, 2.75) is 115 Å². The van der Waals surface area contributed by atoms with Crippen molar-refractivity contribution < 1.29 is 56.1 Å². The van der Waals surface area contributed by atoms with Gasteiger partial charge in [-0.15, -0.1) is 0 Å². The monoisotopic (exact) mass is 638 g/mol. The van der Waals surface area contributed by atoms with Crippen molar-refractivity contribution >= 4 is 22.1 Å². The third-order valence-electron chi connectivity index (χ3n) is 11.9. The fourth-order valence-corrected chi connectivity index (χ4v) is 9.67. The highest BCUT2D eigenvalue weighted by Gasteiger charge is 2.65. The maximum Gasteiger partial charge on any atom is 0.402 e. The molecule has 4 N–H and O–H groups in total. The van der Waals surface area contributed by atoms with Gasteiger partial charge in [0.25, 0.3) is 0 Å². The van der Waals surface area contributed by atoms with Crippen LogP contribution in [-0.2, 0) is 29.2 Å². The Bertz CT molecular complexity index is 1130. The lowest BCUT2D eigenvalue weighted by molar-refractivity contribution is -0.207. The molecule has 4 aliphatic rings. The van der Waals surface area contributed by atoms with E-state index in [1.165, 1.54) is 0 Å². The molecule has 13 heteroatoms. The van der Waals surface area contributed by atoms with E-state index in [-0.39, 0.29) is 78.3 Å². The number of hydrogen-bond acceptors (Lipinski definition) is 9. The highest BCUT2D eigenvalue weighted by atomic mass is 32.2. The minimum atomic E-state index is -5.70. The van der Waals surface area contributed by atoms with E-state index in [0.29, 0.717) is 25.7 Å². The molecule has 43 heavy (non-hydrogen) atoms. The van der Waals surface area contributed by atoms with E-state index in [2.05, 4.69) is 25.5 Å². The first-order valence-electron chi connectivity index (χ1n) is 15.6. The van der Waals surface area contributed by atoms with Crippen molar-refractivity contribution in [2.75, 3.05) is 13.2 Å². The molecule has 0 aromatic heterocycles. The zero-order valence-corrected chi connectivity index (χ0v) is 26.1. The molecule has 0 aliphatic heterocycles. The third-order valence-corrected chi connectivity index (χ3v) is 12.8. The van der Waals surface area contributed by atoms with Gasteiger partial charge >= 0.3 is 27.3 Å². The maximum atomic E-state index is 13.1. The molecule has 0 bridgehead atoms. The van der Waals surface area contributed by atoms with E-state index in [0.717, 1.165) is 25.7 Å². The molecule has 0 radical (unpaired) electrons. The van der Waals surface area contributed by atoms with Crippen LogP contribution in [0, 0.1) is 46.3 Å². The molecule has 1 unspecified atom stereocenters. The van der Waals surface area contributed by atoms with Crippen LogP contribution in [0.4, 0.5) is 8.78 Å². The minimum Gasteiger partial charge on any atom is -0.466 e. The van der Waals surface area contributed by atoms with Crippen molar-refractivity contribution in [3.63, 3.8) is 0 Å². The van der Waals surface area contributed by atoms with Crippen LogP contribution >= 0.6 is 0 Å². The number of carbonyl (C=O) groups excluding carboxylic acids is 2. The zero-order valence-electron chi connectivity index (χ0n) is 25.3. The van der Waals surface area contributed by atoms with Crippen LogP contribution in [0.1, 0.15) is 91.4 Å². The maximum absolute atomic E-state index is 13.1. The SMILES string of the molecule is C[C@H](CCC(=O)OCCCC(=O)OCC(F)(F)S(=O)(=O)O)[C@H]1CC[C@H]2[C@@H]3[C@H](O)CC4C[C@H](O)CC[C@]4(C)[C@H]3C[C@H](O)[C@]12C.